The minimum absolute atomic E-state index is 0.147. The molecule has 0 aromatic carbocycles. The predicted molar refractivity (Wildman–Crippen MR) is 69.9 cm³/mol. The number of hydrogen-bond donors (Lipinski definition) is 1. The highest BCUT2D eigenvalue weighted by Gasteiger charge is 2.32. The van der Waals surface area contributed by atoms with Gasteiger partial charge in [0.2, 0.25) is 0 Å². The van der Waals surface area contributed by atoms with Crippen LogP contribution in [0.25, 0.3) is 0 Å². The molecular formula is C13H19N3O3. The average Bonchev–Trinajstić information content (AvgIpc) is 3.11. The molecule has 6 heteroatoms. The fourth-order valence-electron chi connectivity index (χ4n) is 2.73. The molecule has 0 spiro atoms. The summed E-state index contributed by atoms with van der Waals surface area (Å²) in [6, 6.07) is 3.44. The van der Waals surface area contributed by atoms with E-state index in [1.54, 1.807) is 6.07 Å². The Bertz CT molecular complexity index is 450. The zero-order chi connectivity index (χ0) is 13.2. The maximum Gasteiger partial charge on any atom is 0.433 e. The molecule has 1 atom stereocenters. The standard InChI is InChI=1S/C13H19N3O3/c17-16(18)13-4-3-12(19-13)11(9-10-1-2-10)15-7-5-14-6-8-15/h3-4,10-11,14H,1-2,5-9H2/t11-/m0/s1. The van der Waals surface area contributed by atoms with Gasteiger partial charge in [0.15, 0.2) is 0 Å². The molecular weight excluding hydrogens is 246 g/mol. The van der Waals surface area contributed by atoms with Crippen LogP contribution in [0.1, 0.15) is 31.1 Å². The minimum Gasteiger partial charge on any atom is -0.404 e. The Balaban J connectivity index is 1.77. The quantitative estimate of drug-likeness (QED) is 0.650. The lowest BCUT2D eigenvalue weighted by Crippen LogP contribution is -2.45. The summed E-state index contributed by atoms with van der Waals surface area (Å²) in [6.45, 7) is 3.91. The van der Waals surface area contributed by atoms with Crippen molar-refractivity contribution in [1.82, 2.24) is 10.2 Å². The summed E-state index contributed by atoms with van der Waals surface area (Å²) >= 11 is 0. The number of piperazine rings is 1. The molecule has 1 saturated heterocycles. The van der Waals surface area contributed by atoms with Gasteiger partial charge in [0, 0.05) is 26.2 Å². The third-order valence-electron chi connectivity index (χ3n) is 3.97. The van der Waals surface area contributed by atoms with Gasteiger partial charge in [-0.25, -0.2) is 0 Å². The van der Waals surface area contributed by atoms with E-state index in [2.05, 4.69) is 10.2 Å². The number of nitrogens with one attached hydrogen (secondary N) is 1. The fraction of sp³-hybridized carbons (Fsp3) is 0.692. The van der Waals surface area contributed by atoms with E-state index in [4.69, 9.17) is 4.42 Å². The van der Waals surface area contributed by atoms with Gasteiger partial charge in [0.05, 0.1) is 12.1 Å². The second-order valence-electron chi connectivity index (χ2n) is 5.41. The maximum absolute atomic E-state index is 10.7. The Kier molecular flexibility index (Phi) is 3.52. The largest absolute Gasteiger partial charge is 0.433 e. The van der Waals surface area contributed by atoms with E-state index >= 15 is 0 Å². The smallest absolute Gasteiger partial charge is 0.404 e. The van der Waals surface area contributed by atoms with Crippen LogP contribution in [0.15, 0.2) is 16.5 Å². The van der Waals surface area contributed by atoms with E-state index in [1.165, 1.54) is 18.9 Å². The molecule has 1 aliphatic heterocycles. The third kappa shape index (κ3) is 2.96. The third-order valence-corrected chi connectivity index (χ3v) is 3.97. The Morgan fingerprint density at radius 1 is 1.42 bits per heavy atom. The molecule has 2 fully saturated rings. The summed E-state index contributed by atoms with van der Waals surface area (Å²) in [4.78, 5) is 12.7. The molecule has 0 unspecified atom stereocenters. The van der Waals surface area contributed by atoms with Crippen LogP contribution in [0.5, 0.6) is 0 Å². The van der Waals surface area contributed by atoms with E-state index in [0.29, 0.717) is 0 Å². The van der Waals surface area contributed by atoms with Crippen molar-refractivity contribution in [3.63, 3.8) is 0 Å². The van der Waals surface area contributed by atoms with Crippen molar-refractivity contribution in [3.05, 3.63) is 28.0 Å². The number of furan rings is 1. The summed E-state index contributed by atoms with van der Waals surface area (Å²) in [5, 5.41) is 14.1. The van der Waals surface area contributed by atoms with E-state index in [9.17, 15) is 10.1 Å². The zero-order valence-corrected chi connectivity index (χ0v) is 10.9. The second kappa shape index (κ2) is 5.30. The fourth-order valence-corrected chi connectivity index (χ4v) is 2.73. The van der Waals surface area contributed by atoms with Gasteiger partial charge in [-0.15, -0.1) is 0 Å². The molecule has 2 heterocycles. The van der Waals surface area contributed by atoms with E-state index < -0.39 is 4.92 Å². The first-order chi connectivity index (χ1) is 9.24. The van der Waals surface area contributed by atoms with Crippen LogP contribution >= 0.6 is 0 Å². The molecule has 104 valence electrons. The van der Waals surface area contributed by atoms with Gasteiger partial charge < -0.3 is 9.73 Å². The average molecular weight is 265 g/mol. The van der Waals surface area contributed by atoms with Gasteiger partial charge in [0.25, 0.3) is 0 Å². The SMILES string of the molecule is O=[N+]([O-])c1ccc([C@H](CC2CC2)N2CCNCC2)o1. The summed E-state index contributed by atoms with van der Waals surface area (Å²) in [6.07, 6.45) is 3.63. The van der Waals surface area contributed by atoms with Crippen LogP contribution in [-0.2, 0) is 0 Å². The van der Waals surface area contributed by atoms with Crippen molar-refractivity contribution >= 4 is 5.88 Å². The topological polar surface area (TPSA) is 71.6 Å². The summed E-state index contributed by atoms with van der Waals surface area (Å²) in [5.41, 5.74) is 0. The monoisotopic (exact) mass is 265 g/mol. The lowest BCUT2D eigenvalue weighted by Gasteiger charge is -2.33. The van der Waals surface area contributed by atoms with Crippen LogP contribution in [0.3, 0.4) is 0 Å². The van der Waals surface area contributed by atoms with Crippen molar-refractivity contribution in [1.29, 1.82) is 0 Å². The Morgan fingerprint density at radius 2 is 2.16 bits per heavy atom. The molecule has 19 heavy (non-hydrogen) atoms. The Hall–Kier alpha value is -1.40. The number of nitrogens with zero attached hydrogens (tertiary/aromatic N) is 2. The second-order valence-corrected chi connectivity index (χ2v) is 5.41. The highest BCUT2D eigenvalue weighted by molar-refractivity contribution is 5.20. The molecule has 1 saturated carbocycles. The number of hydrogen-bond acceptors (Lipinski definition) is 5. The van der Waals surface area contributed by atoms with Crippen molar-refractivity contribution < 1.29 is 9.34 Å². The lowest BCUT2D eigenvalue weighted by molar-refractivity contribution is -0.402. The highest BCUT2D eigenvalue weighted by atomic mass is 16.6. The first-order valence-electron chi connectivity index (χ1n) is 6.93. The van der Waals surface area contributed by atoms with Gasteiger partial charge in [0.1, 0.15) is 10.7 Å². The van der Waals surface area contributed by atoms with E-state index in [1.807, 2.05) is 0 Å². The first-order valence-corrected chi connectivity index (χ1v) is 6.93. The van der Waals surface area contributed by atoms with Gasteiger partial charge in [-0.2, -0.15) is 0 Å². The van der Waals surface area contributed by atoms with E-state index in [-0.39, 0.29) is 11.9 Å². The number of rotatable bonds is 5. The van der Waals surface area contributed by atoms with Gasteiger partial charge in [-0.3, -0.25) is 15.0 Å². The molecule has 0 bridgehead atoms. The molecule has 1 aromatic rings. The molecule has 0 amide bonds. The van der Waals surface area contributed by atoms with Crippen molar-refractivity contribution in [2.75, 3.05) is 26.2 Å². The van der Waals surface area contributed by atoms with Crippen molar-refractivity contribution in [3.8, 4) is 0 Å². The van der Waals surface area contributed by atoms with Gasteiger partial charge in [-0.05, 0) is 18.4 Å². The van der Waals surface area contributed by atoms with Crippen LogP contribution in [-0.4, -0.2) is 36.0 Å². The van der Waals surface area contributed by atoms with E-state index in [0.717, 1.165) is 44.3 Å². The summed E-state index contributed by atoms with van der Waals surface area (Å²) in [5.74, 6) is 1.37. The van der Waals surface area contributed by atoms with Crippen LogP contribution in [0, 0.1) is 16.0 Å². The lowest BCUT2D eigenvalue weighted by atomic mass is 10.1. The Morgan fingerprint density at radius 3 is 2.74 bits per heavy atom. The van der Waals surface area contributed by atoms with Crippen LogP contribution < -0.4 is 5.32 Å². The molecule has 1 N–H and O–H groups in total. The molecule has 2 aliphatic rings. The van der Waals surface area contributed by atoms with Crippen LogP contribution in [0.4, 0.5) is 5.88 Å². The molecule has 1 aliphatic carbocycles. The molecule has 3 rings (SSSR count). The highest BCUT2D eigenvalue weighted by Crippen LogP contribution is 2.41. The summed E-state index contributed by atoms with van der Waals surface area (Å²) in [7, 11) is 0. The van der Waals surface area contributed by atoms with Gasteiger partial charge in [-0.1, -0.05) is 12.8 Å². The summed E-state index contributed by atoms with van der Waals surface area (Å²) < 4.78 is 5.43. The Labute approximate surface area is 111 Å². The van der Waals surface area contributed by atoms with Crippen molar-refractivity contribution in [2.45, 2.75) is 25.3 Å². The molecule has 1 aromatic heterocycles. The van der Waals surface area contributed by atoms with Crippen LogP contribution in [0.2, 0.25) is 0 Å². The van der Waals surface area contributed by atoms with Crippen molar-refractivity contribution in [2.24, 2.45) is 5.92 Å². The minimum atomic E-state index is -0.463. The van der Waals surface area contributed by atoms with Gasteiger partial charge >= 0.3 is 5.88 Å². The normalized spacial score (nSPS) is 22.3. The predicted octanol–water partition coefficient (Wildman–Crippen LogP) is 1.93. The zero-order valence-electron chi connectivity index (χ0n) is 10.9. The molecule has 0 radical (unpaired) electrons. The number of nitro groups is 1. The first kappa shape index (κ1) is 12.6. The maximum atomic E-state index is 10.7. The molecule has 6 nitrogen and oxygen atoms in total.